The summed E-state index contributed by atoms with van der Waals surface area (Å²) in [7, 11) is 4.04. The molecule has 4 unspecified atom stereocenters. The number of nitrogens with one attached hydrogen (secondary N) is 2. The highest BCUT2D eigenvalue weighted by molar-refractivity contribution is 6.13. The zero-order chi connectivity index (χ0) is 28.6. The van der Waals surface area contributed by atoms with E-state index in [2.05, 4.69) is 83.8 Å². The molecule has 0 bridgehead atoms. The highest BCUT2D eigenvalue weighted by Gasteiger charge is 2.51. The van der Waals surface area contributed by atoms with Crippen LogP contribution in [0.15, 0.2) is 65.7 Å². The van der Waals surface area contributed by atoms with Gasteiger partial charge in [0, 0.05) is 67.7 Å². The number of amidine groups is 1. The molecule has 0 saturated carbocycles. The minimum absolute atomic E-state index is 0.164. The van der Waals surface area contributed by atoms with E-state index in [1.165, 1.54) is 5.57 Å². The van der Waals surface area contributed by atoms with Crippen molar-refractivity contribution in [2.24, 2.45) is 10.9 Å². The first-order chi connectivity index (χ1) is 19.9. The van der Waals surface area contributed by atoms with Crippen LogP contribution >= 0.6 is 0 Å². The maximum Gasteiger partial charge on any atom is 0.198 e. The number of ether oxygens (including phenoxy) is 1. The van der Waals surface area contributed by atoms with Gasteiger partial charge in [-0.3, -0.25) is 9.67 Å². The molecular formula is C31H41N9O. The molecule has 6 rings (SSSR count). The third kappa shape index (κ3) is 5.34. The van der Waals surface area contributed by atoms with Gasteiger partial charge in [-0.1, -0.05) is 13.0 Å². The molecule has 10 nitrogen and oxygen atoms in total. The molecule has 3 aromatic heterocycles. The number of anilines is 2. The fraction of sp³-hybridized carbons (Fsp3) is 0.484. The lowest BCUT2D eigenvalue weighted by Gasteiger charge is -2.42. The van der Waals surface area contributed by atoms with Gasteiger partial charge in [0.1, 0.15) is 11.7 Å². The second-order valence-electron chi connectivity index (χ2n) is 11.4. The average Bonchev–Trinajstić information content (AvgIpc) is 3.59. The van der Waals surface area contributed by atoms with Gasteiger partial charge >= 0.3 is 0 Å². The van der Waals surface area contributed by atoms with Crippen LogP contribution in [-0.2, 0) is 17.7 Å². The SMILES string of the molecule is CCn1cc(-c2ccc(NC3N=C4C(=CN3C)C3COC(C)(CC)CC3N4c3cccc(CCNC)n3)cn2)cn1. The van der Waals surface area contributed by atoms with Crippen molar-refractivity contribution < 1.29 is 4.74 Å². The summed E-state index contributed by atoms with van der Waals surface area (Å²) < 4.78 is 8.36. The Morgan fingerprint density at radius 1 is 1.15 bits per heavy atom. The van der Waals surface area contributed by atoms with Gasteiger partial charge in [0.05, 0.1) is 36.0 Å². The van der Waals surface area contributed by atoms with Crippen molar-refractivity contribution >= 4 is 17.3 Å². The van der Waals surface area contributed by atoms with Gasteiger partial charge in [-0.25, -0.2) is 9.98 Å². The Labute approximate surface area is 242 Å². The van der Waals surface area contributed by atoms with Gasteiger partial charge in [0.2, 0.25) is 0 Å². The van der Waals surface area contributed by atoms with Gasteiger partial charge in [0.15, 0.2) is 6.29 Å². The summed E-state index contributed by atoms with van der Waals surface area (Å²) in [6.07, 6.45) is 10.5. The van der Waals surface area contributed by atoms with Crippen molar-refractivity contribution in [3.63, 3.8) is 0 Å². The number of pyridine rings is 2. The summed E-state index contributed by atoms with van der Waals surface area (Å²) in [4.78, 5) is 19.6. The van der Waals surface area contributed by atoms with Crippen LogP contribution in [0.2, 0.25) is 0 Å². The molecule has 3 aliphatic heterocycles. The molecule has 3 aliphatic rings. The fourth-order valence-electron chi connectivity index (χ4n) is 5.98. The molecule has 216 valence electrons. The second kappa shape index (κ2) is 11.3. The van der Waals surface area contributed by atoms with Gasteiger partial charge in [-0.05, 0) is 58.0 Å². The third-order valence-electron chi connectivity index (χ3n) is 8.64. The van der Waals surface area contributed by atoms with Crippen LogP contribution in [0, 0.1) is 5.92 Å². The van der Waals surface area contributed by atoms with E-state index in [4.69, 9.17) is 19.7 Å². The number of aryl methyl sites for hydroxylation is 1. The number of likely N-dealkylation sites (N-methyl/N-ethyl adjacent to an activating group) is 1. The highest BCUT2D eigenvalue weighted by Crippen LogP contribution is 2.45. The van der Waals surface area contributed by atoms with Crippen LogP contribution in [0.4, 0.5) is 11.5 Å². The average molecular weight is 556 g/mol. The normalized spacial score (nSPS) is 25.4. The van der Waals surface area contributed by atoms with Crippen LogP contribution in [0.1, 0.15) is 39.3 Å². The largest absolute Gasteiger partial charge is 0.374 e. The van der Waals surface area contributed by atoms with E-state index in [-0.39, 0.29) is 23.9 Å². The Morgan fingerprint density at radius 3 is 2.76 bits per heavy atom. The first-order valence-electron chi connectivity index (χ1n) is 14.7. The van der Waals surface area contributed by atoms with E-state index in [1.54, 1.807) is 0 Å². The number of hydrogen-bond acceptors (Lipinski definition) is 9. The molecule has 10 heteroatoms. The van der Waals surface area contributed by atoms with Crippen molar-refractivity contribution in [3.05, 3.63) is 66.4 Å². The number of rotatable bonds is 9. The lowest BCUT2D eigenvalue weighted by Crippen LogP contribution is -2.48. The van der Waals surface area contributed by atoms with Crippen LogP contribution in [0.5, 0.6) is 0 Å². The first kappa shape index (κ1) is 27.4. The van der Waals surface area contributed by atoms with Crippen molar-refractivity contribution in [1.29, 1.82) is 0 Å². The molecule has 0 aromatic carbocycles. The van der Waals surface area contributed by atoms with Crippen LogP contribution < -0.4 is 15.5 Å². The summed E-state index contributed by atoms with van der Waals surface area (Å²) >= 11 is 0. The summed E-state index contributed by atoms with van der Waals surface area (Å²) in [5.74, 6) is 2.18. The van der Waals surface area contributed by atoms with Crippen molar-refractivity contribution in [1.82, 2.24) is 30.0 Å². The Bertz CT molecular complexity index is 1430. The minimum Gasteiger partial charge on any atom is -0.374 e. The van der Waals surface area contributed by atoms with E-state index in [0.717, 1.165) is 66.6 Å². The lowest BCUT2D eigenvalue weighted by molar-refractivity contribution is -0.0876. The van der Waals surface area contributed by atoms with E-state index in [9.17, 15) is 0 Å². The molecule has 0 amide bonds. The summed E-state index contributed by atoms with van der Waals surface area (Å²) in [5.41, 5.74) is 4.95. The molecule has 3 aromatic rings. The smallest absolute Gasteiger partial charge is 0.198 e. The predicted octanol–water partition coefficient (Wildman–Crippen LogP) is 4.14. The van der Waals surface area contributed by atoms with E-state index < -0.39 is 0 Å². The van der Waals surface area contributed by atoms with Crippen LogP contribution in [-0.4, -0.2) is 75.7 Å². The highest BCUT2D eigenvalue weighted by atomic mass is 16.5. The van der Waals surface area contributed by atoms with E-state index >= 15 is 0 Å². The van der Waals surface area contributed by atoms with Crippen molar-refractivity contribution in [2.75, 3.05) is 37.5 Å². The molecule has 4 atom stereocenters. The molecule has 0 aliphatic carbocycles. The second-order valence-corrected chi connectivity index (χ2v) is 11.4. The number of nitrogens with zero attached hydrogens (tertiary/aromatic N) is 7. The van der Waals surface area contributed by atoms with Gasteiger partial charge in [0.25, 0.3) is 0 Å². The maximum atomic E-state index is 6.45. The summed E-state index contributed by atoms with van der Waals surface area (Å²) in [6, 6.07) is 10.7. The van der Waals surface area contributed by atoms with Crippen LogP contribution in [0.25, 0.3) is 11.3 Å². The number of fused-ring (bicyclic) bond motifs is 3. The zero-order valence-electron chi connectivity index (χ0n) is 24.7. The molecule has 2 saturated heterocycles. The quantitative estimate of drug-likeness (QED) is 0.407. The number of hydrogen-bond donors (Lipinski definition) is 2. The van der Waals surface area contributed by atoms with Crippen molar-refractivity contribution in [2.45, 2.75) is 64.5 Å². The molecule has 6 heterocycles. The third-order valence-corrected chi connectivity index (χ3v) is 8.64. The first-order valence-corrected chi connectivity index (χ1v) is 14.7. The topological polar surface area (TPSA) is 95.7 Å². The van der Waals surface area contributed by atoms with E-state index in [1.807, 2.05) is 36.4 Å². The molecular weight excluding hydrogens is 514 g/mol. The Balaban J connectivity index is 1.30. The standard InChI is InChI=1S/C31H41N9O/c1-6-31(3)15-27-25(20-41-31)24-19-38(5)30(36-23-11-12-26(33-17-23)21-16-34-39(7-2)18-21)37-29(24)40(27)28-10-8-9-22(35-28)13-14-32-4/h8-12,16-19,25,27,30,32,36H,6-7,13-15,20H2,1-5H3. The Morgan fingerprint density at radius 2 is 2.02 bits per heavy atom. The summed E-state index contributed by atoms with van der Waals surface area (Å²) in [5, 5.41) is 11.2. The molecule has 2 N–H and O–H groups in total. The fourth-order valence-corrected chi connectivity index (χ4v) is 5.98. The summed E-state index contributed by atoms with van der Waals surface area (Å²) in [6.45, 7) is 8.93. The van der Waals surface area contributed by atoms with Crippen LogP contribution in [0.3, 0.4) is 0 Å². The number of aliphatic imine (C=N–C) groups is 1. The lowest BCUT2D eigenvalue weighted by atomic mass is 9.83. The molecule has 2 fully saturated rings. The van der Waals surface area contributed by atoms with Gasteiger partial charge < -0.3 is 25.2 Å². The monoisotopic (exact) mass is 555 g/mol. The Kier molecular flexibility index (Phi) is 7.52. The maximum absolute atomic E-state index is 6.45. The zero-order valence-corrected chi connectivity index (χ0v) is 24.7. The minimum atomic E-state index is -0.280. The van der Waals surface area contributed by atoms with Gasteiger partial charge in [-0.2, -0.15) is 5.10 Å². The van der Waals surface area contributed by atoms with Gasteiger partial charge in [-0.15, -0.1) is 0 Å². The van der Waals surface area contributed by atoms with Crippen molar-refractivity contribution in [3.8, 4) is 11.3 Å². The number of aromatic nitrogens is 4. The molecule has 41 heavy (non-hydrogen) atoms. The molecule has 0 radical (unpaired) electrons. The Hall–Kier alpha value is -3.76. The predicted molar refractivity (Wildman–Crippen MR) is 163 cm³/mol. The molecule has 0 spiro atoms. The van der Waals surface area contributed by atoms with E-state index in [0.29, 0.717) is 6.61 Å².